The number of carbonyl (C=O) groups excluding carboxylic acids is 1. The molecule has 2 N–H and O–H groups in total. The number of nitrogens with one attached hydrogen (secondary N) is 1. The molecule has 0 saturated carbocycles. The lowest BCUT2D eigenvalue weighted by Crippen LogP contribution is -2.44. The highest BCUT2D eigenvalue weighted by molar-refractivity contribution is 5.74. The number of methoxy groups -OCH3 is 1. The number of aliphatic hydroxyl groups excluding tert-OH is 1. The molecule has 1 aliphatic carbocycles. The van der Waals surface area contributed by atoms with Gasteiger partial charge in [-0.15, -0.1) is 0 Å². The van der Waals surface area contributed by atoms with Gasteiger partial charge >= 0.3 is 6.03 Å². The molecule has 0 aromatic heterocycles. The van der Waals surface area contributed by atoms with E-state index in [0.29, 0.717) is 13.1 Å². The molecule has 1 aromatic carbocycles. The lowest BCUT2D eigenvalue weighted by Gasteiger charge is -2.25. The second-order valence-corrected chi connectivity index (χ2v) is 5.05. The van der Waals surface area contributed by atoms with Gasteiger partial charge in [0.2, 0.25) is 0 Å². The van der Waals surface area contributed by atoms with Crippen molar-refractivity contribution in [3.63, 3.8) is 0 Å². The van der Waals surface area contributed by atoms with Crippen LogP contribution in [-0.2, 0) is 6.54 Å². The third kappa shape index (κ3) is 4.23. The Labute approximate surface area is 125 Å². The summed E-state index contributed by atoms with van der Waals surface area (Å²) in [6, 6.07) is 7.61. The molecule has 0 aliphatic heterocycles. The Kier molecular flexibility index (Phi) is 5.63. The zero-order valence-electron chi connectivity index (χ0n) is 12.3. The second kappa shape index (κ2) is 7.69. The Morgan fingerprint density at radius 1 is 1.38 bits per heavy atom. The summed E-state index contributed by atoms with van der Waals surface area (Å²) >= 11 is 0. The fourth-order valence-corrected chi connectivity index (χ4v) is 2.41. The summed E-state index contributed by atoms with van der Waals surface area (Å²) in [5.41, 5.74) is 0.924. The number of urea groups is 1. The molecular weight excluding hydrogens is 268 g/mol. The molecule has 0 radical (unpaired) electrons. The topological polar surface area (TPSA) is 61.8 Å². The van der Waals surface area contributed by atoms with Gasteiger partial charge in [0.05, 0.1) is 20.3 Å². The lowest BCUT2D eigenvalue weighted by molar-refractivity contribution is 0.170. The molecule has 0 heterocycles. The first-order chi connectivity index (χ1) is 10.2. The van der Waals surface area contributed by atoms with Gasteiger partial charge in [-0.1, -0.05) is 30.4 Å². The SMILES string of the molecule is COc1ccccc1CN(CCO)C(=O)NC1CC=CC1. The van der Waals surface area contributed by atoms with Crippen LogP contribution in [0.5, 0.6) is 5.75 Å². The van der Waals surface area contributed by atoms with Crippen molar-refractivity contribution < 1.29 is 14.6 Å². The highest BCUT2D eigenvalue weighted by atomic mass is 16.5. The standard InChI is InChI=1S/C16H22N2O3/c1-21-15-9-5-2-6-13(15)12-18(10-11-19)16(20)17-14-7-3-4-8-14/h2-6,9,14,19H,7-8,10-12H2,1H3,(H,17,20). The highest BCUT2D eigenvalue weighted by Crippen LogP contribution is 2.19. The minimum atomic E-state index is -0.149. The van der Waals surface area contributed by atoms with Crippen molar-refractivity contribution in [1.29, 1.82) is 0 Å². The minimum Gasteiger partial charge on any atom is -0.496 e. The van der Waals surface area contributed by atoms with Gasteiger partial charge in [0.1, 0.15) is 5.75 Å². The Bertz CT molecular complexity index is 494. The molecule has 1 aromatic rings. The molecule has 0 atom stereocenters. The molecule has 1 aliphatic rings. The molecule has 21 heavy (non-hydrogen) atoms. The first-order valence-corrected chi connectivity index (χ1v) is 7.17. The third-order valence-electron chi connectivity index (χ3n) is 3.55. The number of rotatable bonds is 6. The van der Waals surface area contributed by atoms with Gasteiger partial charge in [0.25, 0.3) is 0 Å². The van der Waals surface area contributed by atoms with Crippen LogP contribution in [0.4, 0.5) is 4.79 Å². The fraction of sp³-hybridized carbons (Fsp3) is 0.438. The van der Waals surface area contributed by atoms with Crippen molar-refractivity contribution in [2.45, 2.75) is 25.4 Å². The highest BCUT2D eigenvalue weighted by Gasteiger charge is 2.19. The first-order valence-electron chi connectivity index (χ1n) is 7.17. The van der Waals surface area contributed by atoms with E-state index < -0.39 is 0 Å². The van der Waals surface area contributed by atoms with E-state index in [4.69, 9.17) is 4.74 Å². The summed E-state index contributed by atoms with van der Waals surface area (Å²) in [7, 11) is 1.61. The van der Waals surface area contributed by atoms with Crippen molar-refractivity contribution in [3.05, 3.63) is 42.0 Å². The van der Waals surface area contributed by atoms with Crippen LogP contribution in [0, 0.1) is 0 Å². The van der Waals surface area contributed by atoms with Gasteiger partial charge < -0.3 is 20.1 Å². The van der Waals surface area contributed by atoms with Crippen molar-refractivity contribution in [1.82, 2.24) is 10.2 Å². The predicted octanol–water partition coefficient (Wildman–Crippen LogP) is 1.92. The van der Waals surface area contributed by atoms with Crippen LogP contribution < -0.4 is 10.1 Å². The normalized spacial score (nSPS) is 14.2. The summed E-state index contributed by atoms with van der Waals surface area (Å²) in [5.74, 6) is 0.746. The molecule has 0 saturated heterocycles. The summed E-state index contributed by atoms with van der Waals surface area (Å²) in [5, 5.41) is 12.2. The van der Waals surface area contributed by atoms with E-state index in [9.17, 15) is 9.90 Å². The van der Waals surface area contributed by atoms with Gasteiger partial charge in [-0.25, -0.2) is 4.79 Å². The van der Waals surface area contributed by atoms with Gasteiger partial charge in [-0.2, -0.15) is 0 Å². The van der Waals surface area contributed by atoms with E-state index >= 15 is 0 Å². The molecule has 0 fully saturated rings. The maximum atomic E-state index is 12.3. The van der Waals surface area contributed by atoms with Crippen LogP contribution in [0.3, 0.4) is 0 Å². The minimum absolute atomic E-state index is 0.0640. The Hall–Kier alpha value is -2.01. The number of hydrogen-bond acceptors (Lipinski definition) is 3. The first kappa shape index (κ1) is 15.4. The van der Waals surface area contributed by atoms with Gasteiger partial charge in [0, 0.05) is 18.2 Å². The summed E-state index contributed by atoms with van der Waals surface area (Å²) in [6.07, 6.45) is 5.88. The Morgan fingerprint density at radius 2 is 2.10 bits per heavy atom. The second-order valence-electron chi connectivity index (χ2n) is 5.05. The number of amides is 2. The number of nitrogens with zero attached hydrogens (tertiary/aromatic N) is 1. The molecule has 0 unspecified atom stereocenters. The molecule has 114 valence electrons. The smallest absolute Gasteiger partial charge is 0.318 e. The Morgan fingerprint density at radius 3 is 2.76 bits per heavy atom. The van der Waals surface area contributed by atoms with E-state index in [-0.39, 0.29) is 18.7 Å². The molecule has 0 bridgehead atoms. The number of carbonyl (C=O) groups is 1. The predicted molar refractivity (Wildman–Crippen MR) is 81.2 cm³/mol. The number of para-hydroxylation sites is 1. The largest absolute Gasteiger partial charge is 0.496 e. The maximum Gasteiger partial charge on any atom is 0.318 e. The van der Waals surface area contributed by atoms with Crippen molar-refractivity contribution in [2.75, 3.05) is 20.3 Å². The van der Waals surface area contributed by atoms with Gasteiger partial charge in [-0.3, -0.25) is 0 Å². The number of hydrogen-bond donors (Lipinski definition) is 2. The van der Waals surface area contributed by atoms with Crippen molar-refractivity contribution in [3.8, 4) is 5.75 Å². The molecular formula is C16H22N2O3. The monoisotopic (exact) mass is 290 g/mol. The van der Waals surface area contributed by atoms with Crippen molar-refractivity contribution in [2.24, 2.45) is 0 Å². The summed E-state index contributed by atoms with van der Waals surface area (Å²) < 4.78 is 5.31. The number of ether oxygens (including phenoxy) is 1. The zero-order valence-corrected chi connectivity index (χ0v) is 12.3. The Balaban J connectivity index is 2.01. The van der Waals surface area contributed by atoms with E-state index in [0.717, 1.165) is 24.2 Å². The molecule has 2 rings (SSSR count). The number of aliphatic hydroxyl groups is 1. The van der Waals surface area contributed by atoms with Crippen molar-refractivity contribution >= 4 is 6.03 Å². The molecule has 2 amide bonds. The van der Waals surface area contributed by atoms with Gasteiger partial charge in [-0.05, 0) is 18.9 Å². The van der Waals surface area contributed by atoms with Crippen LogP contribution >= 0.6 is 0 Å². The van der Waals surface area contributed by atoms with E-state index in [1.54, 1.807) is 12.0 Å². The van der Waals surface area contributed by atoms with E-state index in [1.165, 1.54) is 0 Å². The van der Waals surface area contributed by atoms with E-state index in [1.807, 2.05) is 24.3 Å². The average molecular weight is 290 g/mol. The van der Waals surface area contributed by atoms with Gasteiger partial charge in [0.15, 0.2) is 0 Å². The molecule has 0 spiro atoms. The van der Waals surface area contributed by atoms with Crippen LogP contribution in [0.2, 0.25) is 0 Å². The zero-order chi connectivity index (χ0) is 15.1. The maximum absolute atomic E-state index is 12.3. The average Bonchev–Trinajstić information content (AvgIpc) is 3.00. The van der Waals surface area contributed by atoms with Crippen LogP contribution in [0.1, 0.15) is 18.4 Å². The summed E-state index contributed by atoms with van der Waals surface area (Å²) in [4.78, 5) is 13.9. The fourth-order valence-electron chi connectivity index (χ4n) is 2.41. The number of benzene rings is 1. The van der Waals surface area contributed by atoms with Crippen LogP contribution in [-0.4, -0.2) is 42.3 Å². The van der Waals surface area contributed by atoms with Crippen LogP contribution in [0.25, 0.3) is 0 Å². The summed E-state index contributed by atoms with van der Waals surface area (Å²) in [6.45, 7) is 0.645. The third-order valence-corrected chi connectivity index (χ3v) is 3.55. The molecule has 5 nitrogen and oxygen atoms in total. The van der Waals surface area contributed by atoms with Crippen LogP contribution in [0.15, 0.2) is 36.4 Å². The lowest BCUT2D eigenvalue weighted by atomic mass is 10.2. The quantitative estimate of drug-likeness (QED) is 0.787. The van der Waals surface area contributed by atoms with E-state index in [2.05, 4.69) is 17.5 Å². The molecule has 5 heteroatoms.